The molecule has 1 atom stereocenters. The van der Waals surface area contributed by atoms with Crippen LogP contribution in [-0.4, -0.2) is 60.6 Å². The highest BCUT2D eigenvalue weighted by Gasteiger charge is 2.21. The molecule has 2 aliphatic heterocycles. The lowest BCUT2D eigenvalue weighted by atomic mass is 10.3. The van der Waals surface area contributed by atoms with E-state index in [1.165, 1.54) is 6.34 Å². The molecule has 0 aromatic carbocycles. The van der Waals surface area contributed by atoms with Crippen LogP contribution in [0.1, 0.15) is 0 Å². The van der Waals surface area contributed by atoms with Gasteiger partial charge in [0.25, 0.3) is 0 Å². The third-order valence-corrected chi connectivity index (χ3v) is 2.00. The average Bonchev–Trinajstić information content (AvgIpc) is 2.64. The maximum Gasteiger partial charge on any atom is 0.226 e. The third kappa shape index (κ3) is 1.56. The molecule has 1 N–H and O–H groups in total. The SMILES string of the molecule is CN(CCO)C1=NC2=NC=NC2C=N1. The Morgan fingerprint density at radius 2 is 2.43 bits per heavy atom. The van der Waals surface area contributed by atoms with Crippen molar-refractivity contribution >= 4 is 24.3 Å². The van der Waals surface area contributed by atoms with Crippen LogP contribution in [0.2, 0.25) is 0 Å². The van der Waals surface area contributed by atoms with Crippen LogP contribution in [0.5, 0.6) is 0 Å². The molecule has 0 radical (unpaired) electrons. The smallest absolute Gasteiger partial charge is 0.226 e. The molecule has 2 rings (SSSR count). The van der Waals surface area contributed by atoms with Gasteiger partial charge in [0.05, 0.1) is 6.61 Å². The van der Waals surface area contributed by atoms with Crippen molar-refractivity contribution in [1.29, 1.82) is 0 Å². The minimum Gasteiger partial charge on any atom is -0.395 e. The van der Waals surface area contributed by atoms with Crippen LogP contribution < -0.4 is 0 Å². The highest BCUT2D eigenvalue weighted by Crippen LogP contribution is 2.07. The van der Waals surface area contributed by atoms with Crippen molar-refractivity contribution in [2.24, 2.45) is 20.0 Å². The Hall–Kier alpha value is -1.56. The van der Waals surface area contributed by atoms with E-state index < -0.39 is 0 Å². The number of aliphatic hydroxyl groups excluding tert-OH is 1. The van der Waals surface area contributed by atoms with Gasteiger partial charge in [0, 0.05) is 19.8 Å². The van der Waals surface area contributed by atoms with Crippen LogP contribution in [0, 0.1) is 0 Å². The van der Waals surface area contributed by atoms with Crippen molar-refractivity contribution in [3.63, 3.8) is 0 Å². The Balaban J connectivity index is 2.12. The largest absolute Gasteiger partial charge is 0.395 e. The third-order valence-electron chi connectivity index (χ3n) is 2.00. The number of amidine groups is 1. The van der Waals surface area contributed by atoms with Crippen molar-refractivity contribution in [2.75, 3.05) is 20.2 Å². The van der Waals surface area contributed by atoms with Gasteiger partial charge in [0.2, 0.25) is 5.96 Å². The quantitative estimate of drug-likeness (QED) is 0.621. The molecule has 0 saturated heterocycles. The van der Waals surface area contributed by atoms with Crippen molar-refractivity contribution in [2.45, 2.75) is 6.04 Å². The van der Waals surface area contributed by atoms with E-state index in [2.05, 4.69) is 20.0 Å². The number of aliphatic imine (C=N–C) groups is 4. The van der Waals surface area contributed by atoms with Gasteiger partial charge in [-0.2, -0.15) is 4.99 Å². The van der Waals surface area contributed by atoms with E-state index in [0.29, 0.717) is 18.3 Å². The normalized spacial score (nSPS) is 23.1. The van der Waals surface area contributed by atoms with Gasteiger partial charge in [-0.15, -0.1) is 0 Å². The highest BCUT2D eigenvalue weighted by atomic mass is 16.3. The summed E-state index contributed by atoms with van der Waals surface area (Å²) in [6.07, 6.45) is 3.20. The molecular formula is C8H11N5O. The van der Waals surface area contributed by atoms with Crippen LogP contribution in [-0.2, 0) is 0 Å². The molecular weight excluding hydrogens is 182 g/mol. The number of guanidine groups is 1. The summed E-state index contributed by atoms with van der Waals surface area (Å²) in [6, 6.07) is -0.110. The molecule has 14 heavy (non-hydrogen) atoms. The minimum absolute atomic E-state index is 0.0808. The van der Waals surface area contributed by atoms with Gasteiger partial charge in [-0.25, -0.2) is 9.98 Å². The molecule has 0 fully saturated rings. The van der Waals surface area contributed by atoms with Crippen LogP contribution in [0.3, 0.4) is 0 Å². The fraction of sp³-hybridized carbons (Fsp3) is 0.500. The Labute approximate surface area is 81.4 Å². The van der Waals surface area contributed by atoms with E-state index in [1.54, 1.807) is 11.1 Å². The number of fused-ring (bicyclic) bond motifs is 1. The number of hydrogen-bond acceptors (Lipinski definition) is 6. The summed E-state index contributed by atoms with van der Waals surface area (Å²) < 4.78 is 0. The molecule has 6 heteroatoms. The Bertz CT molecular complexity index is 344. The first kappa shape index (κ1) is 9.01. The fourth-order valence-corrected chi connectivity index (χ4v) is 1.21. The second-order valence-electron chi connectivity index (χ2n) is 3.03. The van der Waals surface area contributed by atoms with Crippen molar-refractivity contribution in [3.05, 3.63) is 0 Å². The number of aliphatic hydroxyl groups is 1. The van der Waals surface area contributed by atoms with Crippen molar-refractivity contribution in [1.82, 2.24) is 4.90 Å². The van der Waals surface area contributed by atoms with Crippen LogP contribution in [0.15, 0.2) is 20.0 Å². The predicted molar refractivity (Wildman–Crippen MR) is 55.4 cm³/mol. The number of rotatable bonds is 2. The average molecular weight is 193 g/mol. The second-order valence-corrected chi connectivity index (χ2v) is 3.03. The first-order valence-electron chi connectivity index (χ1n) is 4.35. The molecule has 2 aliphatic rings. The summed E-state index contributed by atoms with van der Waals surface area (Å²) in [7, 11) is 1.82. The van der Waals surface area contributed by atoms with E-state index in [0.717, 1.165) is 0 Å². The van der Waals surface area contributed by atoms with Crippen molar-refractivity contribution < 1.29 is 5.11 Å². The topological polar surface area (TPSA) is 72.9 Å². The maximum absolute atomic E-state index is 8.75. The van der Waals surface area contributed by atoms with Gasteiger partial charge in [-0.05, 0) is 0 Å². The highest BCUT2D eigenvalue weighted by molar-refractivity contribution is 6.16. The summed E-state index contributed by atoms with van der Waals surface area (Å²) in [5, 5.41) is 8.75. The van der Waals surface area contributed by atoms with E-state index in [9.17, 15) is 0 Å². The lowest BCUT2D eigenvalue weighted by Gasteiger charge is -2.19. The van der Waals surface area contributed by atoms with E-state index in [1.807, 2.05) is 7.05 Å². The zero-order chi connectivity index (χ0) is 9.97. The molecule has 74 valence electrons. The molecule has 1 unspecified atom stereocenters. The lowest BCUT2D eigenvalue weighted by Crippen LogP contribution is -2.33. The zero-order valence-electron chi connectivity index (χ0n) is 7.83. The summed E-state index contributed by atoms with van der Waals surface area (Å²) in [6.45, 7) is 0.590. The molecule has 0 saturated carbocycles. The van der Waals surface area contributed by atoms with Gasteiger partial charge in [0.1, 0.15) is 12.4 Å². The number of hydrogen-bond donors (Lipinski definition) is 1. The van der Waals surface area contributed by atoms with Gasteiger partial charge in [0.15, 0.2) is 5.84 Å². The van der Waals surface area contributed by atoms with Crippen LogP contribution in [0.4, 0.5) is 0 Å². The van der Waals surface area contributed by atoms with Gasteiger partial charge < -0.3 is 10.0 Å². The maximum atomic E-state index is 8.75. The first-order chi connectivity index (χ1) is 6.81. The summed E-state index contributed by atoms with van der Waals surface area (Å²) >= 11 is 0. The molecule has 6 nitrogen and oxygen atoms in total. The molecule has 0 aromatic heterocycles. The minimum atomic E-state index is -0.110. The van der Waals surface area contributed by atoms with E-state index >= 15 is 0 Å². The predicted octanol–water partition coefficient (Wildman–Crippen LogP) is -0.840. The molecule has 0 bridgehead atoms. The summed E-state index contributed by atoms with van der Waals surface area (Å²) in [4.78, 5) is 18.2. The fourth-order valence-electron chi connectivity index (χ4n) is 1.21. The van der Waals surface area contributed by atoms with Crippen LogP contribution >= 0.6 is 0 Å². The molecule has 2 heterocycles. The lowest BCUT2D eigenvalue weighted by molar-refractivity contribution is 0.263. The van der Waals surface area contributed by atoms with Crippen molar-refractivity contribution in [3.8, 4) is 0 Å². The monoisotopic (exact) mass is 193 g/mol. The standard InChI is InChI=1S/C8H11N5O/c1-13(2-3-14)8-9-4-6-7(12-8)11-5-10-6/h4-6,14H,2-3H2,1H3. The molecule has 0 spiro atoms. The Kier molecular flexibility index (Phi) is 2.36. The number of likely N-dealkylation sites (N-methyl/N-ethyl adjacent to an activating group) is 1. The van der Waals surface area contributed by atoms with Crippen LogP contribution in [0.25, 0.3) is 0 Å². The second kappa shape index (κ2) is 3.67. The molecule has 0 amide bonds. The molecule has 0 aliphatic carbocycles. The summed E-state index contributed by atoms with van der Waals surface area (Å²) in [5.74, 6) is 1.24. The van der Waals surface area contributed by atoms with Gasteiger partial charge >= 0.3 is 0 Å². The van der Waals surface area contributed by atoms with Gasteiger partial charge in [-0.3, -0.25) is 4.99 Å². The van der Waals surface area contributed by atoms with E-state index in [4.69, 9.17) is 5.11 Å². The van der Waals surface area contributed by atoms with Gasteiger partial charge in [-0.1, -0.05) is 0 Å². The van der Waals surface area contributed by atoms with E-state index in [-0.39, 0.29) is 12.6 Å². The Morgan fingerprint density at radius 3 is 3.21 bits per heavy atom. The number of nitrogens with zero attached hydrogens (tertiary/aromatic N) is 5. The zero-order valence-corrected chi connectivity index (χ0v) is 7.83. The summed E-state index contributed by atoms with van der Waals surface area (Å²) in [5.41, 5.74) is 0. The first-order valence-corrected chi connectivity index (χ1v) is 4.35. The Morgan fingerprint density at radius 1 is 1.57 bits per heavy atom. The molecule has 0 aromatic rings.